The molecule has 3 aliphatic heterocycles. The van der Waals surface area contributed by atoms with Gasteiger partial charge in [0.15, 0.2) is 0 Å². The lowest BCUT2D eigenvalue weighted by atomic mass is 9.49. The summed E-state index contributed by atoms with van der Waals surface area (Å²) in [7, 11) is 0. The van der Waals surface area contributed by atoms with Crippen molar-refractivity contribution in [3.05, 3.63) is 35.5 Å². The number of rotatable bonds is 8. The lowest BCUT2D eigenvalue weighted by Crippen LogP contribution is -2.66. The second kappa shape index (κ2) is 12.2. The summed E-state index contributed by atoms with van der Waals surface area (Å²) in [5, 5.41) is 4.58. The van der Waals surface area contributed by atoms with Gasteiger partial charge in [-0.2, -0.15) is 0 Å². The molecule has 3 atom stereocenters. The Morgan fingerprint density at radius 2 is 1.65 bits per heavy atom. The molecular weight excluding hydrogens is 600 g/mol. The number of carbonyl (C=O) groups excluding carboxylic acids is 3. The third kappa shape index (κ3) is 5.22. The van der Waals surface area contributed by atoms with E-state index in [-0.39, 0.29) is 29.6 Å². The van der Waals surface area contributed by atoms with Crippen molar-refractivity contribution in [3.8, 4) is 0 Å². The van der Waals surface area contributed by atoms with Crippen molar-refractivity contribution in [2.75, 3.05) is 39.4 Å². The first-order chi connectivity index (χ1) is 23.4. The molecule has 2 N–H and O–H groups in total. The van der Waals surface area contributed by atoms with Crippen LogP contribution in [0, 0.1) is 40.9 Å². The molecule has 0 radical (unpaired) electrons. The molecule has 2 saturated heterocycles. The molecular formula is C40H54N4O4. The van der Waals surface area contributed by atoms with Crippen LogP contribution in [-0.2, 0) is 31.1 Å². The second-order valence-corrected chi connectivity index (χ2v) is 17.2. The van der Waals surface area contributed by atoms with Crippen LogP contribution in [0.15, 0.2) is 24.3 Å². The van der Waals surface area contributed by atoms with E-state index in [1.807, 2.05) is 4.90 Å². The number of ether oxygens (including phenoxy) is 1. The van der Waals surface area contributed by atoms with Gasteiger partial charge >= 0.3 is 0 Å². The summed E-state index contributed by atoms with van der Waals surface area (Å²) in [6.07, 6.45) is 16.1. The first kappa shape index (κ1) is 31.1. The molecule has 1 aromatic carbocycles. The SMILES string of the molecule is O=C(CC1C[C@H](C(=O)N2CCOCC2)[C@@]2(CCC3CCCC3)c3[nH]c4ccccc4c3CCN2C1=O)NCC12CC3CC(CC(C3)C1)C2. The number of piperidine rings is 1. The van der Waals surface area contributed by atoms with Crippen LogP contribution in [0.2, 0.25) is 0 Å². The van der Waals surface area contributed by atoms with Crippen molar-refractivity contribution in [2.45, 2.75) is 102 Å². The Hall–Kier alpha value is -2.87. The monoisotopic (exact) mass is 654 g/mol. The third-order valence-electron chi connectivity index (χ3n) is 14.3. The number of benzene rings is 1. The zero-order valence-electron chi connectivity index (χ0n) is 28.7. The summed E-state index contributed by atoms with van der Waals surface area (Å²) < 4.78 is 5.67. The number of amides is 3. The molecule has 48 heavy (non-hydrogen) atoms. The number of H-pyrrole nitrogens is 1. The van der Waals surface area contributed by atoms with E-state index in [4.69, 9.17) is 4.74 Å². The number of aromatic nitrogens is 1. The zero-order chi connectivity index (χ0) is 32.5. The molecule has 2 aromatic rings. The minimum absolute atomic E-state index is 0.0107. The molecule has 8 heteroatoms. The normalized spacial score (nSPS) is 36.0. The largest absolute Gasteiger partial charge is 0.378 e. The van der Waals surface area contributed by atoms with Crippen molar-refractivity contribution in [1.29, 1.82) is 0 Å². The molecule has 5 saturated carbocycles. The number of hydrogen-bond acceptors (Lipinski definition) is 4. The van der Waals surface area contributed by atoms with E-state index in [0.717, 1.165) is 54.8 Å². The Labute approximate surface area is 285 Å². The molecule has 258 valence electrons. The molecule has 4 heterocycles. The van der Waals surface area contributed by atoms with Crippen LogP contribution >= 0.6 is 0 Å². The van der Waals surface area contributed by atoms with Gasteiger partial charge < -0.3 is 24.8 Å². The molecule has 8 aliphatic rings. The Morgan fingerprint density at radius 3 is 2.38 bits per heavy atom. The van der Waals surface area contributed by atoms with E-state index < -0.39 is 17.4 Å². The predicted octanol–water partition coefficient (Wildman–Crippen LogP) is 5.94. The van der Waals surface area contributed by atoms with E-state index >= 15 is 0 Å². The Balaban J connectivity index is 1.03. The lowest BCUT2D eigenvalue weighted by Gasteiger charge is -2.57. The highest BCUT2D eigenvalue weighted by atomic mass is 16.5. The van der Waals surface area contributed by atoms with Crippen molar-refractivity contribution >= 4 is 28.6 Å². The number of nitrogens with zero attached hydrogens (tertiary/aromatic N) is 2. The minimum Gasteiger partial charge on any atom is -0.378 e. The van der Waals surface area contributed by atoms with Crippen LogP contribution in [0.3, 0.4) is 0 Å². The minimum atomic E-state index is -0.728. The fourth-order valence-electron chi connectivity index (χ4n) is 12.6. The highest BCUT2D eigenvalue weighted by Crippen LogP contribution is 2.60. The van der Waals surface area contributed by atoms with Crippen LogP contribution in [0.5, 0.6) is 0 Å². The van der Waals surface area contributed by atoms with E-state index in [0.29, 0.717) is 45.2 Å². The number of para-hydroxylation sites is 1. The van der Waals surface area contributed by atoms with E-state index in [9.17, 15) is 14.4 Å². The highest BCUT2D eigenvalue weighted by Gasteiger charge is 2.60. The van der Waals surface area contributed by atoms with Crippen LogP contribution in [0.25, 0.3) is 10.9 Å². The molecule has 8 nitrogen and oxygen atoms in total. The van der Waals surface area contributed by atoms with Crippen LogP contribution in [0.4, 0.5) is 0 Å². The first-order valence-corrected chi connectivity index (χ1v) is 19.5. The summed E-state index contributed by atoms with van der Waals surface area (Å²) in [5.41, 5.74) is 2.96. The highest BCUT2D eigenvalue weighted by molar-refractivity contribution is 5.93. The number of nitrogens with one attached hydrogen (secondary N) is 2. The quantitative estimate of drug-likeness (QED) is 0.369. The maximum Gasteiger partial charge on any atom is 0.228 e. The Morgan fingerprint density at radius 1 is 0.938 bits per heavy atom. The van der Waals surface area contributed by atoms with Crippen LogP contribution in [0.1, 0.15) is 101 Å². The van der Waals surface area contributed by atoms with Crippen molar-refractivity contribution in [2.24, 2.45) is 40.9 Å². The first-order valence-electron chi connectivity index (χ1n) is 19.5. The van der Waals surface area contributed by atoms with Crippen molar-refractivity contribution in [1.82, 2.24) is 20.1 Å². The van der Waals surface area contributed by atoms with E-state index in [1.54, 1.807) is 0 Å². The molecule has 3 amide bonds. The van der Waals surface area contributed by atoms with Gasteiger partial charge in [-0.15, -0.1) is 0 Å². The van der Waals surface area contributed by atoms with Crippen LogP contribution < -0.4 is 5.32 Å². The van der Waals surface area contributed by atoms with Crippen molar-refractivity contribution in [3.63, 3.8) is 0 Å². The van der Waals surface area contributed by atoms with Gasteiger partial charge in [0, 0.05) is 55.1 Å². The molecule has 0 spiro atoms. The third-order valence-corrected chi connectivity index (χ3v) is 14.3. The maximum atomic E-state index is 14.9. The van der Waals surface area contributed by atoms with E-state index in [1.165, 1.54) is 75.2 Å². The van der Waals surface area contributed by atoms with Gasteiger partial charge in [0.05, 0.1) is 24.7 Å². The smallest absolute Gasteiger partial charge is 0.228 e. The summed E-state index contributed by atoms with van der Waals surface area (Å²) >= 11 is 0. The number of fused-ring (bicyclic) bond motifs is 5. The number of morpholine rings is 1. The predicted molar refractivity (Wildman–Crippen MR) is 184 cm³/mol. The Bertz CT molecular complexity index is 1530. The van der Waals surface area contributed by atoms with Gasteiger partial charge in [-0.05, 0) is 105 Å². The lowest BCUT2D eigenvalue weighted by molar-refractivity contribution is -0.169. The summed E-state index contributed by atoms with van der Waals surface area (Å²) in [6, 6.07) is 8.47. The molecule has 1 aromatic heterocycles. The standard InChI is InChI=1S/C40H54N4O4/c45-35(41-25-39-22-27-17-28(23-39)19-29(18-27)24-39)21-30-20-33(38(47)43-13-15-48-16-14-43)40(11-9-26-5-1-2-6-26)36-32(10-12-44(40)37(30)46)31-7-3-4-8-34(31)42-36/h3-4,7-8,26-30,33,42H,1-2,5-6,9-25H2,(H,41,45)/t27?,28?,29?,30?,33-,39?,40+/m1/s1. The summed E-state index contributed by atoms with van der Waals surface area (Å²) in [6.45, 7) is 3.60. The molecule has 1 unspecified atom stereocenters. The van der Waals surface area contributed by atoms with Crippen LogP contribution in [-0.4, -0.2) is 71.9 Å². The number of carbonyl (C=O) groups is 3. The summed E-state index contributed by atoms with van der Waals surface area (Å²) in [5.74, 6) is 2.46. The van der Waals surface area contributed by atoms with E-state index in [2.05, 4.69) is 39.5 Å². The van der Waals surface area contributed by atoms with Gasteiger partial charge in [-0.1, -0.05) is 43.9 Å². The Kier molecular flexibility index (Phi) is 7.89. The molecule has 5 aliphatic carbocycles. The van der Waals surface area contributed by atoms with Gasteiger partial charge in [0.1, 0.15) is 0 Å². The molecule has 10 rings (SSSR count). The average molecular weight is 655 g/mol. The van der Waals surface area contributed by atoms with Crippen molar-refractivity contribution < 1.29 is 19.1 Å². The topological polar surface area (TPSA) is 94.7 Å². The maximum absolute atomic E-state index is 14.9. The fraction of sp³-hybridized carbons (Fsp3) is 0.725. The molecule has 7 fully saturated rings. The van der Waals surface area contributed by atoms with Gasteiger partial charge in [0.25, 0.3) is 0 Å². The fourth-order valence-corrected chi connectivity index (χ4v) is 12.6. The average Bonchev–Trinajstić information content (AvgIpc) is 3.76. The second-order valence-electron chi connectivity index (χ2n) is 17.2. The van der Waals surface area contributed by atoms with Gasteiger partial charge in [-0.25, -0.2) is 0 Å². The number of aromatic amines is 1. The molecule has 4 bridgehead atoms. The summed E-state index contributed by atoms with van der Waals surface area (Å²) in [4.78, 5) is 51.3. The van der Waals surface area contributed by atoms with Gasteiger partial charge in [-0.3, -0.25) is 14.4 Å². The zero-order valence-corrected chi connectivity index (χ0v) is 28.7. The van der Waals surface area contributed by atoms with Gasteiger partial charge in [0.2, 0.25) is 17.7 Å². The number of hydrogen-bond donors (Lipinski definition) is 2.